The van der Waals surface area contributed by atoms with Crippen LogP contribution in [-0.4, -0.2) is 23.1 Å². The molecule has 4 nitrogen and oxygen atoms in total. The van der Waals surface area contributed by atoms with Gasteiger partial charge in [-0.25, -0.2) is 0 Å². The smallest absolute Gasteiger partial charge is 0.278 e. The molecule has 0 heterocycles. The van der Waals surface area contributed by atoms with Gasteiger partial charge < -0.3 is 28.6 Å². The lowest BCUT2D eigenvalue weighted by molar-refractivity contribution is -0.403. The minimum absolute atomic E-state index is 0. The maximum absolute atomic E-state index is 12.4. The van der Waals surface area contributed by atoms with E-state index in [1.165, 1.54) is 11.1 Å². The summed E-state index contributed by atoms with van der Waals surface area (Å²) >= 11 is 0. The van der Waals surface area contributed by atoms with Crippen LogP contribution in [0.15, 0.2) is 48.5 Å². The highest BCUT2D eigenvalue weighted by Gasteiger charge is 2.24. The number of carbonyl (C=O) groups is 1. The van der Waals surface area contributed by atoms with E-state index in [0.717, 1.165) is 24.8 Å². The Labute approximate surface area is 148 Å². The molecule has 1 aliphatic carbocycles. The van der Waals surface area contributed by atoms with Gasteiger partial charge in [0.2, 0.25) is 0 Å². The van der Waals surface area contributed by atoms with E-state index in [1.807, 2.05) is 12.1 Å². The molecular formula is C19H23ClN2O2. The van der Waals surface area contributed by atoms with E-state index in [1.54, 1.807) is 12.1 Å². The quantitative estimate of drug-likeness (QED) is 0.612. The zero-order chi connectivity index (χ0) is 16.2. The minimum Gasteiger partial charge on any atom is -1.00 e. The lowest BCUT2D eigenvalue weighted by atomic mass is 9.88. The van der Waals surface area contributed by atoms with E-state index in [4.69, 9.17) is 0 Å². The number of aryl methyl sites for hydroxylation is 1. The van der Waals surface area contributed by atoms with E-state index < -0.39 is 0 Å². The van der Waals surface area contributed by atoms with Gasteiger partial charge in [0.1, 0.15) is 5.75 Å². The molecule has 2 unspecified atom stereocenters. The number of rotatable bonds is 4. The molecule has 0 saturated heterocycles. The summed E-state index contributed by atoms with van der Waals surface area (Å²) in [6, 6.07) is 15.2. The number of phenols is 1. The van der Waals surface area contributed by atoms with E-state index >= 15 is 0 Å². The predicted octanol–water partition coefficient (Wildman–Crippen LogP) is -1.78. The van der Waals surface area contributed by atoms with Gasteiger partial charge in [-0.2, -0.15) is 0 Å². The summed E-state index contributed by atoms with van der Waals surface area (Å²) in [6.07, 6.45) is 3.47. The molecule has 0 bridgehead atoms. The normalized spacial score (nSPS) is 17.3. The van der Waals surface area contributed by atoms with E-state index in [9.17, 15) is 9.90 Å². The highest BCUT2D eigenvalue weighted by Crippen LogP contribution is 2.21. The molecule has 1 amide bonds. The number of fused-ring (bicyclic) bond motifs is 1. The fraction of sp³-hybridized carbons (Fsp3) is 0.316. The number of aromatic hydroxyl groups is 1. The molecule has 0 radical (unpaired) electrons. The van der Waals surface area contributed by atoms with Crippen LogP contribution in [0.25, 0.3) is 0 Å². The fourth-order valence-electron chi connectivity index (χ4n) is 3.15. The van der Waals surface area contributed by atoms with Crippen molar-refractivity contribution in [3.8, 4) is 5.75 Å². The molecule has 24 heavy (non-hydrogen) atoms. The second kappa shape index (κ2) is 8.18. The second-order valence-corrected chi connectivity index (χ2v) is 6.28. The predicted molar refractivity (Wildman–Crippen MR) is 88.9 cm³/mol. The molecular weight excluding hydrogens is 324 g/mol. The first kappa shape index (κ1) is 18.3. The van der Waals surface area contributed by atoms with Crippen molar-refractivity contribution >= 4 is 5.91 Å². The third-order valence-electron chi connectivity index (χ3n) is 4.48. The number of hydrogen-bond donors (Lipinski definition) is 3. The average molecular weight is 347 g/mol. The van der Waals surface area contributed by atoms with Crippen LogP contribution in [0.1, 0.15) is 23.1 Å². The van der Waals surface area contributed by atoms with Crippen LogP contribution in [0.2, 0.25) is 0 Å². The van der Waals surface area contributed by atoms with Crippen LogP contribution in [0.4, 0.5) is 0 Å². The number of nitrogens with one attached hydrogen (secondary N) is 1. The molecule has 128 valence electrons. The van der Waals surface area contributed by atoms with Crippen LogP contribution in [0.5, 0.6) is 5.75 Å². The molecule has 3 rings (SSSR count). The van der Waals surface area contributed by atoms with Crippen LogP contribution >= 0.6 is 0 Å². The van der Waals surface area contributed by atoms with Gasteiger partial charge in [-0.05, 0) is 48.1 Å². The number of carbonyl (C=O) groups excluding carboxylic acids is 1. The van der Waals surface area contributed by atoms with E-state index in [2.05, 4.69) is 35.3 Å². The van der Waals surface area contributed by atoms with Crippen molar-refractivity contribution in [3.63, 3.8) is 0 Å². The Hall–Kier alpha value is -2.04. The Bertz CT molecular complexity index is 688. The summed E-state index contributed by atoms with van der Waals surface area (Å²) < 4.78 is 0. The first-order valence-corrected chi connectivity index (χ1v) is 8.10. The second-order valence-electron chi connectivity index (χ2n) is 6.28. The lowest BCUT2D eigenvalue weighted by Crippen LogP contribution is -3.00. The number of halogens is 1. The van der Waals surface area contributed by atoms with E-state index in [-0.39, 0.29) is 36.1 Å². The molecule has 5 N–H and O–H groups in total. The molecule has 1 aliphatic rings. The molecule has 0 spiro atoms. The molecule has 2 atom stereocenters. The van der Waals surface area contributed by atoms with Crippen molar-refractivity contribution in [2.24, 2.45) is 0 Å². The van der Waals surface area contributed by atoms with Crippen LogP contribution in [-0.2, 0) is 24.1 Å². The van der Waals surface area contributed by atoms with Crippen molar-refractivity contribution < 1.29 is 28.0 Å². The summed E-state index contributed by atoms with van der Waals surface area (Å²) in [7, 11) is 0. The topological polar surface area (TPSA) is 77.0 Å². The lowest BCUT2D eigenvalue weighted by Gasteiger charge is -2.26. The van der Waals surface area contributed by atoms with Gasteiger partial charge in [-0.15, -0.1) is 0 Å². The Morgan fingerprint density at radius 3 is 2.54 bits per heavy atom. The molecule has 2 aromatic rings. The molecule has 0 saturated carbocycles. The monoisotopic (exact) mass is 346 g/mol. The van der Waals surface area contributed by atoms with Gasteiger partial charge >= 0.3 is 0 Å². The molecule has 5 heteroatoms. The maximum Gasteiger partial charge on any atom is 0.278 e. The van der Waals surface area contributed by atoms with Gasteiger partial charge in [0.25, 0.3) is 5.91 Å². The number of quaternary nitrogens is 1. The van der Waals surface area contributed by atoms with Crippen LogP contribution < -0.4 is 23.5 Å². The SMILES string of the molecule is [Cl-].[NH3+]C(Cc1ccc(O)cc1)C(=O)NC1CCc2ccccc2C1. The first-order chi connectivity index (χ1) is 11.1. The van der Waals surface area contributed by atoms with Crippen molar-refractivity contribution in [1.29, 1.82) is 0 Å². The number of hydrogen-bond acceptors (Lipinski definition) is 2. The highest BCUT2D eigenvalue weighted by atomic mass is 35.5. The number of phenolic OH excluding ortho intramolecular Hbond substituents is 1. The fourth-order valence-corrected chi connectivity index (χ4v) is 3.15. The van der Waals surface area contributed by atoms with Gasteiger partial charge in [0, 0.05) is 12.5 Å². The summed E-state index contributed by atoms with van der Waals surface area (Å²) in [4.78, 5) is 12.4. The molecule has 2 aromatic carbocycles. The van der Waals surface area contributed by atoms with Gasteiger partial charge in [0.05, 0.1) is 0 Å². The van der Waals surface area contributed by atoms with Gasteiger partial charge in [0.15, 0.2) is 6.04 Å². The van der Waals surface area contributed by atoms with Crippen LogP contribution in [0.3, 0.4) is 0 Å². The third kappa shape index (κ3) is 4.49. The third-order valence-corrected chi connectivity index (χ3v) is 4.48. The summed E-state index contributed by atoms with van der Waals surface area (Å²) in [5, 5.41) is 12.4. The Balaban J connectivity index is 0.00000208. The van der Waals surface area contributed by atoms with E-state index in [0.29, 0.717) is 6.42 Å². The zero-order valence-corrected chi connectivity index (χ0v) is 14.3. The Morgan fingerprint density at radius 2 is 1.83 bits per heavy atom. The standard InChI is InChI=1S/C19H22N2O2.ClH/c20-18(11-13-5-9-17(22)10-6-13)19(23)21-16-8-7-14-3-1-2-4-15(14)12-16;/h1-6,9-10,16,18,22H,7-8,11-12,20H2,(H,21,23);1H. The molecule has 0 fully saturated rings. The average Bonchev–Trinajstić information content (AvgIpc) is 2.56. The van der Waals surface area contributed by atoms with Crippen molar-refractivity contribution in [2.75, 3.05) is 0 Å². The Kier molecular flexibility index (Phi) is 6.23. The first-order valence-electron chi connectivity index (χ1n) is 8.10. The number of amides is 1. The molecule has 0 aromatic heterocycles. The largest absolute Gasteiger partial charge is 1.00 e. The molecule has 0 aliphatic heterocycles. The Morgan fingerprint density at radius 1 is 1.17 bits per heavy atom. The minimum atomic E-state index is -0.322. The number of benzene rings is 2. The van der Waals surface area contributed by atoms with Crippen molar-refractivity contribution in [2.45, 2.75) is 37.8 Å². The van der Waals surface area contributed by atoms with Crippen molar-refractivity contribution in [1.82, 2.24) is 5.32 Å². The highest BCUT2D eigenvalue weighted by molar-refractivity contribution is 5.80. The summed E-state index contributed by atoms with van der Waals surface area (Å²) in [5.74, 6) is 0.238. The summed E-state index contributed by atoms with van der Waals surface area (Å²) in [6.45, 7) is 0. The summed E-state index contributed by atoms with van der Waals surface area (Å²) in [5.41, 5.74) is 7.73. The van der Waals surface area contributed by atoms with Crippen LogP contribution in [0, 0.1) is 0 Å². The zero-order valence-electron chi connectivity index (χ0n) is 13.5. The van der Waals surface area contributed by atoms with Gasteiger partial charge in [-0.1, -0.05) is 36.4 Å². The van der Waals surface area contributed by atoms with Gasteiger partial charge in [-0.3, -0.25) is 4.79 Å². The van der Waals surface area contributed by atoms with Crippen molar-refractivity contribution in [3.05, 3.63) is 65.2 Å². The maximum atomic E-state index is 12.4.